The van der Waals surface area contributed by atoms with Crippen molar-refractivity contribution in [1.82, 2.24) is 15.2 Å². The number of carbonyl (C=O) groups excluding carboxylic acids is 1. The third-order valence-electron chi connectivity index (χ3n) is 2.72. The molecule has 0 aliphatic rings. The van der Waals surface area contributed by atoms with Crippen LogP contribution in [0.1, 0.15) is 18.9 Å². The fourth-order valence-electron chi connectivity index (χ4n) is 1.69. The standard InChI is InChI=1S/C14H19N3OS/c1-10(2)8-15-14(18)17(3)9-13-16-11-6-4-5-7-12(11)19-13/h4-7,10H,8-9H2,1-3H3,(H,15,18). The van der Waals surface area contributed by atoms with Gasteiger partial charge in [0, 0.05) is 13.6 Å². The van der Waals surface area contributed by atoms with E-state index in [1.54, 1.807) is 23.3 Å². The Kier molecular flexibility index (Phi) is 4.37. The van der Waals surface area contributed by atoms with Gasteiger partial charge in [0.25, 0.3) is 0 Å². The molecule has 0 aliphatic heterocycles. The van der Waals surface area contributed by atoms with Gasteiger partial charge in [-0.2, -0.15) is 0 Å². The Labute approximate surface area is 117 Å². The number of hydrogen-bond acceptors (Lipinski definition) is 3. The number of fused-ring (bicyclic) bond motifs is 1. The fourth-order valence-corrected chi connectivity index (χ4v) is 2.71. The highest BCUT2D eigenvalue weighted by molar-refractivity contribution is 7.18. The van der Waals surface area contributed by atoms with Crippen LogP contribution in [0.4, 0.5) is 4.79 Å². The minimum atomic E-state index is -0.0482. The van der Waals surface area contributed by atoms with Crippen LogP contribution >= 0.6 is 11.3 Å². The van der Waals surface area contributed by atoms with Gasteiger partial charge in [-0.1, -0.05) is 26.0 Å². The van der Waals surface area contributed by atoms with Gasteiger partial charge in [-0.25, -0.2) is 9.78 Å². The molecular formula is C14H19N3OS. The Morgan fingerprint density at radius 1 is 1.42 bits per heavy atom. The van der Waals surface area contributed by atoms with Gasteiger partial charge in [-0.05, 0) is 18.1 Å². The van der Waals surface area contributed by atoms with Crippen LogP contribution in [0, 0.1) is 5.92 Å². The number of aromatic nitrogens is 1. The summed E-state index contributed by atoms with van der Waals surface area (Å²) in [6, 6.07) is 7.98. The van der Waals surface area contributed by atoms with Gasteiger partial charge in [-0.3, -0.25) is 0 Å². The Morgan fingerprint density at radius 2 is 2.16 bits per heavy atom. The van der Waals surface area contributed by atoms with Crippen LogP contribution in [-0.4, -0.2) is 29.5 Å². The third kappa shape index (κ3) is 3.67. The van der Waals surface area contributed by atoms with Gasteiger partial charge in [-0.15, -0.1) is 11.3 Å². The van der Waals surface area contributed by atoms with E-state index in [0.717, 1.165) is 15.2 Å². The Balaban J connectivity index is 1.98. The highest BCUT2D eigenvalue weighted by Crippen LogP contribution is 2.22. The molecule has 0 saturated carbocycles. The number of thiazole rings is 1. The molecule has 0 fully saturated rings. The summed E-state index contributed by atoms with van der Waals surface area (Å²) in [6.45, 7) is 5.40. The lowest BCUT2D eigenvalue weighted by molar-refractivity contribution is 0.205. The molecular weight excluding hydrogens is 258 g/mol. The molecule has 0 saturated heterocycles. The molecule has 1 N–H and O–H groups in total. The zero-order chi connectivity index (χ0) is 13.8. The van der Waals surface area contributed by atoms with Crippen molar-refractivity contribution in [3.63, 3.8) is 0 Å². The van der Waals surface area contributed by atoms with Crippen molar-refractivity contribution in [1.29, 1.82) is 0 Å². The van der Waals surface area contributed by atoms with Crippen LogP contribution < -0.4 is 5.32 Å². The molecule has 1 aromatic heterocycles. The molecule has 1 heterocycles. The number of nitrogens with one attached hydrogen (secondary N) is 1. The SMILES string of the molecule is CC(C)CNC(=O)N(C)Cc1nc2ccccc2s1. The number of urea groups is 1. The molecule has 4 nitrogen and oxygen atoms in total. The second-order valence-corrected chi connectivity index (χ2v) is 6.13. The molecule has 0 atom stereocenters. The van der Waals surface area contributed by atoms with E-state index in [4.69, 9.17) is 0 Å². The summed E-state index contributed by atoms with van der Waals surface area (Å²) >= 11 is 1.63. The predicted molar refractivity (Wildman–Crippen MR) is 79.3 cm³/mol. The lowest BCUT2D eigenvalue weighted by Gasteiger charge is -2.17. The first-order valence-electron chi connectivity index (χ1n) is 6.39. The van der Waals surface area contributed by atoms with E-state index in [1.165, 1.54) is 0 Å². The highest BCUT2D eigenvalue weighted by atomic mass is 32.1. The molecule has 2 aromatic rings. The molecule has 1 aromatic carbocycles. The number of rotatable bonds is 4. The zero-order valence-electron chi connectivity index (χ0n) is 11.5. The summed E-state index contributed by atoms with van der Waals surface area (Å²) in [5.74, 6) is 0.458. The summed E-state index contributed by atoms with van der Waals surface area (Å²) in [4.78, 5) is 18.1. The first-order chi connectivity index (χ1) is 9.06. The minimum absolute atomic E-state index is 0.0482. The second kappa shape index (κ2) is 6.02. The topological polar surface area (TPSA) is 45.2 Å². The maximum atomic E-state index is 11.9. The third-order valence-corrected chi connectivity index (χ3v) is 3.74. The van der Waals surface area contributed by atoms with Crippen LogP contribution in [0.25, 0.3) is 10.2 Å². The molecule has 5 heteroatoms. The fraction of sp³-hybridized carbons (Fsp3) is 0.429. The summed E-state index contributed by atoms with van der Waals surface area (Å²) in [6.07, 6.45) is 0. The van der Waals surface area contributed by atoms with Crippen molar-refractivity contribution in [2.75, 3.05) is 13.6 Å². The average Bonchev–Trinajstić information content (AvgIpc) is 2.77. The van der Waals surface area contributed by atoms with Gasteiger partial charge in [0.2, 0.25) is 0 Å². The van der Waals surface area contributed by atoms with E-state index in [1.807, 2.05) is 18.2 Å². The molecule has 2 rings (SSSR count). The molecule has 0 radical (unpaired) electrons. The van der Waals surface area contributed by atoms with E-state index in [0.29, 0.717) is 19.0 Å². The quantitative estimate of drug-likeness (QED) is 0.933. The van der Waals surface area contributed by atoms with Crippen LogP contribution in [0.5, 0.6) is 0 Å². The molecule has 19 heavy (non-hydrogen) atoms. The van der Waals surface area contributed by atoms with Crippen LogP contribution in [0.2, 0.25) is 0 Å². The van der Waals surface area contributed by atoms with Gasteiger partial charge in [0.05, 0.1) is 16.8 Å². The summed E-state index contributed by atoms with van der Waals surface area (Å²) in [7, 11) is 1.79. The first kappa shape index (κ1) is 13.8. The maximum Gasteiger partial charge on any atom is 0.317 e. The van der Waals surface area contributed by atoms with E-state index in [2.05, 4.69) is 30.2 Å². The van der Waals surface area contributed by atoms with Crippen LogP contribution in [0.3, 0.4) is 0 Å². The predicted octanol–water partition coefficient (Wildman–Crippen LogP) is 3.09. The van der Waals surface area contributed by atoms with Crippen molar-refractivity contribution in [2.45, 2.75) is 20.4 Å². The Bertz CT molecular complexity index is 532. The van der Waals surface area contributed by atoms with Crippen LogP contribution in [-0.2, 0) is 6.54 Å². The maximum absolute atomic E-state index is 11.9. The molecule has 2 amide bonds. The minimum Gasteiger partial charge on any atom is -0.338 e. The molecule has 0 aliphatic carbocycles. The first-order valence-corrected chi connectivity index (χ1v) is 7.21. The van der Waals surface area contributed by atoms with Gasteiger partial charge >= 0.3 is 6.03 Å². The number of para-hydroxylation sites is 1. The van der Waals surface area contributed by atoms with Crippen molar-refractivity contribution in [2.24, 2.45) is 5.92 Å². The highest BCUT2D eigenvalue weighted by Gasteiger charge is 2.11. The number of amides is 2. The largest absolute Gasteiger partial charge is 0.338 e. The van der Waals surface area contributed by atoms with Crippen molar-refractivity contribution in [3.05, 3.63) is 29.3 Å². The van der Waals surface area contributed by atoms with Crippen molar-refractivity contribution in [3.8, 4) is 0 Å². The summed E-state index contributed by atoms with van der Waals surface area (Å²) < 4.78 is 1.16. The van der Waals surface area contributed by atoms with E-state index >= 15 is 0 Å². The van der Waals surface area contributed by atoms with Crippen LogP contribution in [0.15, 0.2) is 24.3 Å². The van der Waals surface area contributed by atoms with E-state index in [9.17, 15) is 4.79 Å². The smallest absolute Gasteiger partial charge is 0.317 e. The summed E-state index contributed by atoms with van der Waals surface area (Å²) in [5, 5.41) is 3.86. The number of hydrogen-bond donors (Lipinski definition) is 1. The van der Waals surface area contributed by atoms with Crippen molar-refractivity contribution >= 4 is 27.6 Å². The lowest BCUT2D eigenvalue weighted by atomic mass is 10.2. The molecule has 0 unspecified atom stereocenters. The van der Waals surface area contributed by atoms with Gasteiger partial charge < -0.3 is 10.2 Å². The zero-order valence-corrected chi connectivity index (χ0v) is 12.3. The number of nitrogens with zero attached hydrogens (tertiary/aromatic N) is 2. The van der Waals surface area contributed by atoms with Gasteiger partial charge in [0.1, 0.15) is 5.01 Å². The average molecular weight is 277 g/mol. The summed E-state index contributed by atoms with van der Waals surface area (Å²) in [5.41, 5.74) is 0.999. The van der Waals surface area contributed by atoms with E-state index in [-0.39, 0.29) is 6.03 Å². The molecule has 102 valence electrons. The van der Waals surface area contributed by atoms with E-state index < -0.39 is 0 Å². The molecule has 0 spiro atoms. The van der Waals surface area contributed by atoms with Crippen molar-refractivity contribution < 1.29 is 4.79 Å². The number of benzene rings is 1. The normalized spacial score (nSPS) is 10.9. The molecule has 0 bridgehead atoms. The Morgan fingerprint density at radius 3 is 2.84 bits per heavy atom. The van der Waals surface area contributed by atoms with Gasteiger partial charge in [0.15, 0.2) is 0 Å². The Hall–Kier alpha value is -1.62. The number of carbonyl (C=O) groups is 1. The second-order valence-electron chi connectivity index (χ2n) is 5.01. The monoisotopic (exact) mass is 277 g/mol. The lowest BCUT2D eigenvalue weighted by Crippen LogP contribution is -2.38.